The number of halogens is 1. The molecule has 0 spiro atoms. The SMILES string of the molecule is NCC1CCN2c3c(F)cc4c(=O)c(C(=O)O)cn(C5CC5)c4c3CCC2C1. The molecule has 1 aromatic carbocycles. The van der Waals surface area contributed by atoms with Crippen LogP contribution in [0.5, 0.6) is 0 Å². The summed E-state index contributed by atoms with van der Waals surface area (Å²) in [5, 5.41) is 9.63. The summed E-state index contributed by atoms with van der Waals surface area (Å²) in [5.74, 6) is -1.20. The number of aromatic nitrogens is 1. The zero-order chi connectivity index (χ0) is 19.6. The first-order valence-corrected chi connectivity index (χ1v) is 10.1. The van der Waals surface area contributed by atoms with Gasteiger partial charge in [0.1, 0.15) is 11.4 Å². The molecule has 1 saturated heterocycles. The number of aryl methyl sites for hydroxylation is 1. The van der Waals surface area contributed by atoms with E-state index in [0.717, 1.165) is 49.7 Å². The Balaban J connectivity index is 1.75. The minimum Gasteiger partial charge on any atom is -0.477 e. The van der Waals surface area contributed by atoms with Gasteiger partial charge < -0.3 is 20.3 Å². The third kappa shape index (κ3) is 2.56. The summed E-state index contributed by atoms with van der Waals surface area (Å²) >= 11 is 0. The van der Waals surface area contributed by atoms with Gasteiger partial charge in [-0.1, -0.05) is 0 Å². The molecule has 0 radical (unpaired) electrons. The number of carboxylic acid groups (broad SMARTS) is 1. The molecule has 2 unspecified atom stereocenters. The maximum absolute atomic E-state index is 15.3. The number of hydrogen-bond acceptors (Lipinski definition) is 4. The van der Waals surface area contributed by atoms with Gasteiger partial charge in [0.2, 0.25) is 5.43 Å². The largest absolute Gasteiger partial charge is 0.477 e. The molecule has 2 aromatic rings. The van der Waals surface area contributed by atoms with E-state index in [1.165, 1.54) is 12.3 Å². The Bertz CT molecular complexity index is 1040. The van der Waals surface area contributed by atoms with E-state index in [9.17, 15) is 14.7 Å². The van der Waals surface area contributed by atoms with E-state index < -0.39 is 17.2 Å². The molecule has 3 N–H and O–H groups in total. The summed E-state index contributed by atoms with van der Waals surface area (Å²) < 4.78 is 17.2. The lowest BCUT2D eigenvalue weighted by atomic mass is 9.83. The second kappa shape index (κ2) is 6.30. The minimum atomic E-state index is -1.26. The molecule has 1 aromatic heterocycles. The molecule has 1 aliphatic carbocycles. The normalized spacial score (nSPS) is 24.1. The first kappa shape index (κ1) is 17.7. The van der Waals surface area contributed by atoms with Gasteiger partial charge in [-0.25, -0.2) is 9.18 Å². The summed E-state index contributed by atoms with van der Waals surface area (Å²) in [7, 11) is 0. The number of carbonyl (C=O) groups is 1. The molecule has 7 heteroatoms. The molecule has 3 aliphatic rings. The Morgan fingerprint density at radius 2 is 2.04 bits per heavy atom. The molecule has 5 rings (SSSR count). The lowest BCUT2D eigenvalue weighted by Crippen LogP contribution is -2.47. The standard InChI is InChI=1S/C21H24FN3O3/c22-17-8-15-18(25(12-1-2-12)10-16(20(15)26)21(27)28)14-4-3-13-7-11(9-23)5-6-24(13)19(14)17/h8,10-13H,1-7,9,23H2,(H,27,28). The van der Waals surface area contributed by atoms with E-state index in [1.54, 1.807) is 0 Å². The van der Waals surface area contributed by atoms with Crippen molar-refractivity contribution < 1.29 is 14.3 Å². The predicted molar refractivity (Wildman–Crippen MR) is 105 cm³/mol. The van der Waals surface area contributed by atoms with Crippen molar-refractivity contribution in [3.05, 3.63) is 39.4 Å². The fourth-order valence-electron chi connectivity index (χ4n) is 5.13. The maximum atomic E-state index is 15.3. The van der Waals surface area contributed by atoms with Crippen LogP contribution in [0.25, 0.3) is 10.9 Å². The number of piperidine rings is 1. The van der Waals surface area contributed by atoms with Crippen molar-refractivity contribution in [2.45, 2.75) is 50.6 Å². The fraction of sp³-hybridized carbons (Fsp3) is 0.524. The monoisotopic (exact) mass is 385 g/mol. The number of pyridine rings is 1. The van der Waals surface area contributed by atoms with E-state index in [1.807, 2.05) is 4.57 Å². The van der Waals surface area contributed by atoms with Crippen LogP contribution < -0.4 is 16.1 Å². The molecule has 1 saturated carbocycles. The van der Waals surface area contributed by atoms with E-state index >= 15 is 4.39 Å². The van der Waals surface area contributed by atoms with E-state index in [4.69, 9.17) is 5.73 Å². The third-order valence-corrected chi connectivity index (χ3v) is 6.68. The molecule has 0 amide bonds. The van der Waals surface area contributed by atoms with Crippen LogP contribution in [0.2, 0.25) is 0 Å². The van der Waals surface area contributed by atoms with Crippen LogP contribution in [0.1, 0.15) is 54.1 Å². The highest BCUT2D eigenvalue weighted by atomic mass is 19.1. The first-order valence-electron chi connectivity index (χ1n) is 10.1. The molecular formula is C21H24FN3O3. The van der Waals surface area contributed by atoms with Crippen LogP contribution in [-0.4, -0.2) is 34.8 Å². The minimum absolute atomic E-state index is 0.191. The molecule has 6 nitrogen and oxygen atoms in total. The highest BCUT2D eigenvalue weighted by Gasteiger charge is 2.37. The number of hydrogen-bond donors (Lipinski definition) is 2. The van der Waals surface area contributed by atoms with Crippen molar-refractivity contribution in [3.63, 3.8) is 0 Å². The summed E-state index contributed by atoms with van der Waals surface area (Å²) in [6.07, 6.45) is 6.89. The maximum Gasteiger partial charge on any atom is 0.341 e. The number of fused-ring (bicyclic) bond motifs is 5. The smallest absolute Gasteiger partial charge is 0.341 e. The molecule has 3 heterocycles. The zero-order valence-corrected chi connectivity index (χ0v) is 15.7. The number of anilines is 1. The lowest BCUT2D eigenvalue weighted by Gasteiger charge is -2.45. The fourth-order valence-corrected chi connectivity index (χ4v) is 5.13. The van der Waals surface area contributed by atoms with Crippen LogP contribution in [0.4, 0.5) is 10.1 Å². The third-order valence-electron chi connectivity index (χ3n) is 6.68. The number of aromatic carboxylic acids is 1. The van der Waals surface area contributed by atoms with Crippen molar-refractivity contribution >= 4 is 22.6 Å². The Kier molecular flexibility index (Phi) is 3.98. The van der Waals surface area contributed by atoms with Crippen molar-refractivity contribution in [2.24, 2.45) is 11.7 Å². The van der Waals surface area contributed by atoms with Crippen molar-refractivity contribution in [1.82, 2.24) is 4.57 Å². The van der Waals surface area contributed by atoms with Gasteiger partial charge in [-0.3, -0.25) is 4.79 Å². The molecule has 0 bridgehead atoms. The van der Waals surface area contributed by atoms with Gasteiger partial charge >= 0.3 is 5.97 Å². The Morgan fingerprint density at radius 1 is 1.25 bits per heavy atom. The molecule has 2 fully saturated rings. The highest BCUT2D eigenvalue weighted by molar-refractivity contribution is 5.95. The van der Waals surface area contributed by atoms with Crippen molar-refractivity contribution in [2.75, 3.05) is 18.0 Å². The van der Waals surface area contributed by atoms with Crippen molar-refractivity contribution in [1.29, 1.82) is 0 Å². The van der Waals surface area contributed by atoms with Gasteiger partial charge in [0.05, 0.1) is 11.2 Å². The Labute approximate surface area is 161 Å². The lowest BCUT2D eigenvalue weighted by molar-refractivity contribution is 0.0695. The summed E-state index contributed by atoms with van der Waals surface area (Å²) in [6.45, 7) is 1.43. The topological polar surface area (TPSA) is 88.6 Å². The molecule has 148 valence electrons. The quantitative estimate of drug-likeness (QED) is 0.848. The average Bonchev–Trinajstić information content (AvgIpc) is 3.52. The number of nitrogens with two attached hydrogens (primary N) is 1. The van der Waals surface area contributed by atoms with Gasteiger partial charge in [0.15, 0.2) is 0 Å². The van der Waals surface area contributed by atoms with Gasteiger partial charge in [-0.15, -0.1) is 0 Å². The van der Waals surface area contributed by atoms with Crippen molar-refractivity contribution in [3.8, 4) is 0 Å². The van der Waals surface area contributed by atoms with Crippen LogP contribution in [0.3, 0.4) is 0 Å². The second-order valence-corrected chi connectivity index (χ2v) is 8.41. The molecular weight excluding hydrogens is 361 g/mol. The van der Waals surface area contributed by atoms with Gasteiger partial charge in [-0.2, -0.15) is 0 Å². The number of nitrogens with zero attached hydrogens (tertiary/aromatic N) is 2. The zero-order valence-electron chi connectivity index (χ0n) is 15.7. The first-order chi connectivity index (χ1) is 13.5. The van der Waals surface area contributed by atoms with Gasteiger partial charge in [0.25, 0.3) is 0 Å². The summed E-state index contributed by atoms with van der Waals surface area (Å²) in [5.41, 5.74) is 7.18. The van der Waals surface area contributed by atoms with E-state index in [0.29, 0.717) is 24.6 Å². The molecule has 2 aliphatic heterocycles. The van der Waals surface area contributed by atoms with Gasteiger partial charge in [0, 0.05) is 35.8 Å². The summed E-state index contributed by atoms with van der Waals surface area (Å²) in [4.78, 5) is 26.5. The van der Waals surface area contributed by atoms with E-state index in [-0.39, 0.29) is 23.0 Å². The number of rotatable bonds is 3. The Hall–Kier alpha value is -2.41. The second-order valence-electron chi connectivity index (χ2n) is 8.41. The molecule has 2 atom stereocenters. The number of carboxylic acids is 1. The van der Waals surface area contributed by atoms with Crippen LogP contribution in [0, 0.1) is 11.7 Å². The molecule has 28 heavy (non-hydrogen) atoms. The number of benzene rings is 1. The van der Waals surface area contributed by atoms with Crippen LogP contribution >= 0.6 is 0 Å². The van der Waals surface area contributed by atoms with Crippen LogP contribution in [-0.2, 0) is 6.42 Å². The highest BCUT2D eigenvalue weighted by Crippen LogP contribution is 2.44. The van der Waals surface area contributed by atoms with E-state index in [2.05, 4.69) is 4.90 Å². The predicted octanol–water partition coefficient (Wildman–Crippen LogP) is 2.66. The summed E-state index contributed by atoms with van der Waals surface area (Å²) in [6, 6.07) is 1.73. The van der Waals surface area contributed by atoms with Crippen LogP contribution in [0.15, 0.2) is 17.1 Å². The van der Waals surface area contributed by atoms with Gasteiger partial charge in [-0.05, 0) is 57.1 Å². The Morgan fingerprint density at radius 3 is 2.71 bits per heavy atom. The average molecular weight is 385 g/mol.